The molecule has 1 fully saturated rings. The number of aromatic nitrogens is 3. The number of hydrogen-bond donors (Lipinski definition) is 0. The van der Waals surface area contributed by atoms with Crippen molar-refractivity contribution in [3.05, 3.63) is 65.7 Å². The van der Waals surface area contributed by atoms with Crippen LogP contribution in [-0.4, -0.2) is 46.8 Å². The molecule has 1 atom stereocenters. The summed E-state index contributed by atoms with van der Waals surface area (Å²) >= 11 is 0. The summed E-state index contributed by atoms with van der Waals surface area (Å²) < 4.78 is 1.99. The summed E-state index contributed by atoms with van der Waals surface area (Å²) in [6, 6.07) is 19.6. The first-order valence-corrected chi connectivity index (χ1v) is 10.1. The molecular weight excluding hydrogens is 346 g/mol. The highest BCUT2D eigenvalue weighted by atomic mass is 15.4. The second-order valence-corrected chi connectivity index (χ2v) is 7.82. The monoisotopic (exact) mass is 375 g/mol. The lowest BCUT2D eigenvalue weighted by Gasteiger charge is -2.24. The second kappa shape index (κ2) is 8.15. The van der Waals surface area contributed by atoms with Gasteiger partial charge < -0.3 is 4.90 Å². The minimum Gasteiger partial charge on any atom is -0.347 e. The van der Waals surface area contributed by atoms with Crippen molar-refractivity contribution in [2.24, 2.45) is 0 Å². The van der Waals surface area contributed by atoms with Gasteiger partial charge in [-0.1, -0.05) is 48.5 Å². The maximum atomic E-state index is 4.85. The van der Waals surface area contributed by atoms with E-state index in [4.69, 9.17) is 10.1 Å². The molecule has 1 unspecified atom stereocenters. The molecule has 3 aromatic rings. The van der Waals surface area contributed by atoms with Gasteiger partial charge in [0.2, 0.25) is 5.95 Å². The zero-order valence-corrected chi connectivity index (χ0v) is 17.0. The van der Waals surface area contributed by atoms with Gasteiger partial charge in [0, 0.05) is 25.7 Å². The standard InChI is InChI=1S/C23H29N5/c1-18(27-14-7-8-15-27)20-12-9-13-21(16-20)22-24-23(26(2)3)28(25-22)17-19-10-5-4-6-11-19/h4-6,9-13,16,18H,7-8,14-15,17H2,1-3H3. The summed E-state index contributed by atoms with van der Waals surface area (Å²) in [4.78, 5) is 9.42. The van der Waals surface area contributed by atoms with E-state index < -0.39 is 0 Å². The van der Waals surface area contributed by atoms with Crippen LogP contribution in [0.4, 0.5) is 5.95 Å². The normalized spacial score (nSPS) is 15.7. The third-order valence-electron chi connectivity index (χ3n) is 5.54. The maximum Gasteiger partial charge on any atom is 0.224 e. The zero-order chi connectivity index (χ0) is 19.5. The van der Waals surface area contributed by atoms with Crippen molar-refractivity contribution >= 4 is 5.95 Å². The minimum atomic E-state index is 0.433. The van der Waals surface area contributed by atoms with Crippen LogP contribution >= 0.6 is 0 Å². The van der Waals surface area contributed by atoms with Crippen molar-refractivity contribution in [2.75, 3.05) is 32.1 Å². The van der Waals surface area contributed by atoms with E-state index in [1.807, 2.05) is 29.7 Å². The van der Waals surface area contributed by atoms with Gasteiger partial charge in [-0.2, -0.15) is 4.98 Å². The number of benzene rings is 2. The van der Waals surface area contributed by atoms with Crippen molar-refractivity contribution in [1.82, 2.24) is 19.7 Å². The van der Waals surface area contributed by atoms with Gasteiger partial charge in [-0.3, -0.25) is 4.90 Å². The molecule has 0 amide bonds. The Hall–Kier alpha value is -2.66. The Bertz CT molecular complexity index is 910. The predicted octanol–water partition coefficient (Wildman–Crippen LogP) is 4.22. The summed E-state index contributed by atoms with van der Waals surface area (Å²) in [5, 5.41) is 4.85. The van der Waals surface area contributed by atoms with Crippen LogP contribution in [0.5, 0.6) is 0 Å². The predicted molar refractivity (Wildman–Crippen MR) is 115 cm³/mol. The SMILES string of the molecule is CC(c1cccc(-c2nc(N(C)C)n(Cc3ccccc3)n2)c1)N1CCCC1. The van der Waals surface area contributed by atoms with Crippen LogP contribution in [0.15, 0.2) is 54.6 Å². The van der Waals surface area contributed by atoms with E-state index in [0.29, 0.717) is 12.6 Å². The van der Waals surface area contributed by atoms with Gasteiger partial charge in [-0.05, 0) is 50.0 Å². The molecule has 4 rings (SSSR count). The highest BCUT2D eigenvalue weighted by Crippen LogP contribution is 2.28. The molecule has 1 aliphatic heterocycles. The van der Waals surface area contributed by atoms with Gasteiger partial charge >= 0.3 is 0 Å². The Labute approximate surface area is 167 Å². The fourth-order valence-electron chi connectivity index (χ4n) is 3.93. The van der Waals surface area contributed by atoms with Crippen LogP contribution in [0.1, 0.15) is 36.9 Å². The number of likely N-dealkylation sites (tertiary alicyclic amines) is 1. The highest BCUT2D eigenvalue weighted by molar-refractivity contribution is 5.58. The van der Waals surface area contributed by atoms with Gasteiger partial charge in [0.1, 0.15) is 0 Å². The van der Waals surface area contributed by atoms with Crippen LogP contribution in [0.25, 0.3) is 11.4 Å². The Morgan fingerprint density at radius 3 is 2.46 bits per heavy atom. The van der Waals surface area contributed by atoms with Crippen LogP contribution in [0.2, 0.25) is 0 Å². The number of hydrogen-bond acceptors (Lipinski definition) is 4. The maximum absolute atomic E-state index is 4.85. The van der Waals surface area contributed by atoms with Crippen molar-refractivity contribution in [1.29, 1.82) is 0 Å². The van der Waals surface area contributed by atoms with Crippen LogP contribution in [-0.2, 0) is 6.54 Å². The van der Waals surface area contributed by atoms with Crippen LogP contribution in [0, 0.1) is 0 Å². The lowest BCUT2D eigenvalue weighted by Crippen LogP contribution is -2.23. The molecule has 5 heteroatoms. The van der Waals surface area contributed by atoms with Gasteiger partial charge in [0.15, 0.2) is 5.82 Å². The van der Waals surface area contributed by atoms with E-state index >= 15 is 0 Å². The summed E-state index contributed by atoms with van der Waals surface area (Å²) in [6.07, 6.45) is 2.61. The fourth-order valence-corrected chi connectivity index (χ4v) is 3.93. The average molecular weight is 376 g/mol. The number of anilines is 1. The topological polar surface area (TPSA) is 37.2 Å². The molecule has 2 heterocycles. The molecule has 2 aromatic carbocycles. The largest absolute Gasteiger partial charge is 0.347 e. The minimum absolute atomic E-state index is 0.433. The molecule has 0 aliphatic carbocycles. The van der Waals surface area contributed by atoms with Crippen LogP contribution < -0.4 is 4.90 Å². The Kier molecular flexibility index (Phi) is 5.44. The van der Waals surface area contributed by atoms with Crippen molar-refractivity contribution < 1.29 is 0 Å². The van der Waals surface area contributed by atoms with Crippen LogP contribution in [0.3, 0.4) is 0 Å². The third-order valence-corrected chi connectivity index (χ3v) is 5.54. The first kappa shape index (κ1) is 18.7. The Balaban J connectivity index is 1.63. The first-order chi connectivity index (χ1) is 13.6. The van der Waals surface area contributed by atoms with Gasteiger partial charge in [-0.15, -0.1) is 5.10 Å². The van der Waals surface area contributed by atoms with Gasteiger partial charge in [0.25, 0.3) is 0 Å². The molecule has 146 valence electrons. The van der Waals surface area contributed by atoms with E-state index in [9.17, 15) is 0 Å². The number of rotatable bonds is 6. The number of nitrogens with zero attached hydrogens (tertiary/aromatic N) is 5. The molecule has 0 spiro atoms. The first-order valence-electron chi connectivity index (χ1n) is 10.1. The molecule has 0 radical (unpaired) electrons. The molecular formula is C23H29N5. The Morgan fingerprint density at radius 1 is 1.00 bits per heavy atom. The molecule has 5 nitrogen and oxygen atoms in total. The molecule has 28 heavy (non-hydrogen) atoms. The molecule has 1 saturated heterocycles. The second-order valence-electron chi connectivity index (χ2n) is 7.82. The van der Waals surface area contributed by atoms with Crippen molar-refractivity contribution in [3.8, 4) is 11.4 Å². The zero-order valence-electron chi connectivity index (χ0n) is 17.0. The average Bonchev–Trinajstić information content (AvgIpc) is 3.39. The molecule has 0 bridgehead atoms. The third kappa shape index (κ3) is 3.94. The van der Waals surface area contributed by atoms with E-state index in [1.165, 1.54) is 37.1 Å². The molecule has 1 aliphatic rings. The quantitative estimate of drug-likeness (QED) is 0.647. The summed E-state index contributed by atoms with van der Waals surface area (Å²) in [6.45, 7) is 5.41. The lowest BCUT2D eigenvalue weighted by molar-refractivity contribution is 0.263. The fraction of sp³-hybridized carbons (Fsp3) is 0.391. The highest BCUT2D eigenvalue weighted by Gasteiger charge is 2.20. The smallest absolute Gasteiger partial charge is 0.224 e. The Morgan fingerprint density at radius 2 is 1.75 bits per heavy atom. The van der Waals surface area contributed by atoms with Gasteiger partial charge in [-0.25, -0.2) is 4.68 Å². The summed E-state index contributed by atoms with van der Waals surface area (Å²) in [5.74, 6) is 1.66. The van der Waals surface area contributed by atoms with Gasteiger partial charge in [0.05, 0.1) is 6.54 Å². The summed E-state index contributed by atoms with van der Waals surface area (Å²) in [7, 11) is 4.03. The molecule has 1 aromatic heterocycles. The van der Waals surface area contributed by atoms with E-state index in [0.717, 1.165) is 17.3 Å². The van der Waals surface area contributed by atoms with E-state index in [-0.39, 0.29) is 0 Å². The summed E-state index contributed by atoms with van der Waals surface area (Å²) in [5.41, 5.74) is 3.64. The van der Waals surface area contributed by atoms with E-state index in [2.05, 4.69) is 60.4 Å². The lowest BCUT2D eigenvalue weighted by atomic mass is 10.0. The van der Waals surface area contributed by atoms with Crippen molar-refractivity contribution in [3.63, 3.8) is 0 Å². The van der Waals surface area contributed by atoms with Crippen molar-refractivity contribution in [2.45, 2.75) is 32.4 Å². The molecule has 0 N–H and O–H groups in total. The molecule has 0 saturated carbocycles. The van der Waals surface area contributed by atoms with E-state index in [1.54, 1.807) is 0 Å².